The van der Waals surface area contributed by atoms with E-state index in [1.54, 1.807) is 6.33 Å². The minimum absolute atomic E-state index is 0.0778. The van der Waals surface area contributed by atoms with Crippen molar-refractivity contribution in [2.45, 2.75) is 38.4 Å². The van der Waals surface area contributed by atoms with Crippen LogP contribution in [0.2, 0.25) is 0 Å². The van der Waals surface area contributed by atoms with Gasteiger partial charge in [0.25, 0.3) is 0 Å². The Morgan fingerprint density at radius 2 is 2.04 bits per heavy atom. The maximum Gasteiger partial charge on any atom is 0.246 e. The van der Waals surface area contributed by atoms with Gasteiger partial charge < -0.3 is 15.2 Å². The zero-order chi connectivity index (χ0) is 17.9. The summed E-state index contributed by atoms with van der Waals surface area (Å²) >= 11 is 0. The Morgan fingerprint density at radius 3 is 2.85 bits per heavy atom. The molecule has 0 spiro atoms. The first-order valence-electron chi connectivity index (χ1n) is 9.52. The first kappa shape index (κ1) is 17.2. The van der Waals surface area contributed by atoms with Gasteiger partial charge in [0.1, 0.15) is 6.04 Å². The third kappa shape index (κ3) is 3.52. The summed E-state index contributed by atoms with van der Waals surface area (Å²) in [4.78, 5) is 24.9. The van der Waals surface area contributed by atoms with Crippen molar-refractivity contribution in [2.75, 3.05) is 26.7 Å². The highest BCUT2D eigenvalue weighted by atomic mass is 16.2. The summed E-state index contributed by atoms with van der Waals surface area (Å²) in [5.41, 5.74) is 4.47. The molecule has 1 aromatic heterocycles. The molecule has 0 radical (unpaired) electrons. The minimum Gasteiger partial charge on any atom is -0.348 e. The molecule has 0 unspecified atom stereocenters. The van der Waals surface area contributed by atoms with Crippen LogP contribution < -0.4 is 5.32 Å². The van der Waals surface area contributed by atoms with Crippen LogP contribution in [0, 0.1) is 0 Å². The molecule has 4 rings (SSSR count). The van der Waals surface area contributed by atoms with E-state index in [2.05, 4.69) is 44.5 Å². The first-order valence-corrected chi connectivity index (χ1v) is 9.52. The highest BCUT2D eigenvalue weighted by Gasteiger charge is 2.30. The lowest BCUT2D eigenvalue weighted by molar-refractivity contribution is -0.133. The van der Waals surface area contributed by atoms with Gasteiger partial charge in [-0.3, -0.25) is 9.69 Å². The number of carbonyl (C=O) groups is 1. The summed E-state index contributed by atoms with van der Waals surface area (Å²) in [6.45, 7) is 4.75. The molecule has 1 atom stereocenters. The minimum atomic E-state index is -0.347. The molecule has 1 fully saturated rings. The average Bonchev–Trinajstić information content (AvgIpc) is 3.33. The molecule has 26 heavy (non-hydrogen) atoms. The van der Waals surface area contributed by atoms with Gasteiger partial charge in [-0.15, -0.1) is 0 Å². The molecule has 1 amide bonds. The number of carbonyl (C=O) groups excluding carboxylic acids is 1. The number of aromatic amines is 1. The second kappa shape index (κ2) is 7.60. The van der Waals surface area contributed by atoms with E-state index in [0.717, 1.165) is 30.9 Å². The van der Waals surface area contributed by atoms with Crippen molar-refractivity contribution in [3.63, 3.8) is 0 Å². The fraction of sp³-hybridized carbons (Fsp3) is 0.500. The number of nitrogens with zero attached hydrogens (tertiary/aromatic N) is 3. The number of hydrogen-bond acceptors (Lipinski definition) is 4. The quantitative estimate of drug-likeness (QED) is 0.861. The van der Waals surface area contributed by atoms with Gasteiger partial charge in [-0.25, -0.2) is 4.98 Å². The van der Waals surface area contributed by atoms with E-state index >= 15 is 0 Å². The molecule has 2 aliphatic rings. The van der Waals surface area contributed by atoms with E-state index in [0.29, 0.717) is 6.54 Å². The van der Waals surface area contributed by atoms with Crippen LogP contribution >= 0.6 is 0 Å². The summed E-state index contributed by atoms with van der Waals surface area (Å²) in [5, 5.41) is 3.32. The van der Waals surface area contributed by atoms with E-state index in [1.165, 1.54) is 37.1 Å². The summed E-state index contributed by atoms with van der Waals surface area (Å²) in [6.07, 6.45) is 5.16. The Labute approximate surface area is 154 Å². The van der Waals surface area contributed by atoms with Gasteiger partial charge >= 0.3 is 0 Å². The van der Waals surface area contributed by atoms with Gasteiger partial charge in [-0.2, -0.15) is 0 Å². The van der Waals surface area contributed by atoms with E-state index < -0.39 is 0 Å². The highest BCUT2D eigenvalue weighted by Crippen LogP contribution is 2.23. The number of H-pyrrole nitrogens is 1. The van der Waals surface area contributed by atoms with E-state index in [-0.39, 0.29) is 11.9 Å². The lowest BCUT2D eigenvalue weighted by Crippen LogP contribution is -2.42. The van der Waals surface area contributed by atoms with Gasteiger partial charge in [0.2, 0.25) is 5.91 Å². The monoisotopic (exact) mass is 353 g/mol. The molecule has 0 aliphatic carbocycles. The lowest BCUT2D eigenvalue weighted by atomic mass is 10.0. The Kier molecular flexibility index (Phi) is 5.04. The molecule has 1 aromatic carbocycles. The van der Waals surface area contributed by atoms with E-state index in [1.807, 2.05) is 11.9 Å². The molecule has 6 nitrogen and oxygen atoms in total. The van der Waals surface area contributed by atoms with Crippen molar-refractivity contribution in [3.8, 4) is 0 Å². The van der Waals surface area contributed by atoms with Gasteiger partial charge in [-0.05, 0) is 37.1 Å². The number of benzene rings is 1. The fourth-order valence-corrected chi connectivity index (χ4v) is 4.02. The van der Waals surface area contributed by atoms with Gasteiger partial charge in [0.05, 0.1) is 12.0 Å². The molecule has 3 heterocycles. The highest BCUT2D eigenvalue weighted by molar-refractivity contribution is 5.83. The van der Waals surface area contributed by atoms with E-state index in [4.69, 9.17) is 0 Å². The zero-order valence-electron chi connectivity index (χ0n) is 15.4. The molecule has 138 valence electrons. The number of likely N-dealkylation sites (N-methyl/N-ethyl adjacent to an activating group) is 1. The third-order valence-electron chi connectivity index (χ3n) is 5.49. The van der Waals surface area contributed by atoms with Crippen molar-refractivity contribution in [3.05, 3.63) is 53.1 Å². The third-order valence-corrected chi connectivity index (χ3v) is 5.49. The maximum absolute atomic E-state index is 13.0. The topological polar surface area (TPSA) is 64.3 Å². The van der Waals surface area contributed by atoms with Gasteiger partial charge in [-0.1, -0.05) is 24.3 Å². The van der Waals surface area contributed by atoms with Crippen molar-refractivity contribution < 1.29 is 4.79 Å². The SMILES string of the molecule is CN(Cc1ccccc1CN1CCCC1)C(=O)[C@H]1NCCc2[nH]cnc21. The second-order valence-corrected chi connectivity index (χ2v) is 7.35. The summed E-state index contributed by atoms with van der Waals surface area (Å²) in [7, 11) is 1.89. The Bertz CT molecular complexity index is 765. The molecule has 2 N–H and O–H groups in total. The summed E-state index contributed by atoms with van der Waals surface area (Å²) in [5.74, 6) is 0.0778. The van der Waals surface area contributed by atoms with Gasteiger partial charge in [0, 0.05) is 38.8 Å². The fourth-order valence-electron chi connectivity index (χ4n) is 4.02. The van der Waals surface area contributed by atoms with Crippen LogP contribution in [0.4, 0.5) is 0 Å². The van der Waals surface area contributed by atoms with Gasteiger partial charge in [0.15, 0.2) is 0 Å². The van der Waals surface area contributed by atoms with Crippen LogP contribution in [0.25, 0.3) is 0 Å². The molecular formula is C20H27N5O. The Hall–Kier alpha value is -2.18. The number of aromatic nitrogens is 2. The van der Waals surface area contributed by atoms with Crippen LogP contribution in [0.3, 0.4) is 0 Å². The molecule has 2 aliphatic heterocycles. The standard InChI is InChI=1S/C20H27N5O/c1-24(20(26)19-18-17(8-9-21-19)22-14-23-18)12-15-6-2-3-7-16(15)13-25-10-4-5-11-25/h2-3,6-7,14,19,21H,4-5,8-13H2,1H3,(H,22,23)/t19-/m0/s1. The second-order valence-electron chi connectivity index (χ2n) is 7.35. The van der Waals surface area contributed by atoms with Crippen molar-refractivity contribution >= 4 is 5.91 Å². The van der Waals surface area contributed by atoms with Crippen LogP contribution in [0.5, 0.6) is 0 Å². The zero-order valence-corrected chi connectivity index (χ0v) is 15.4. The van der Waals surface area contributed by atoms with Crippen LogP contribution in [0.1, 0.15) is 41.4 Å². The van der Waals surface area contributed by atoms with Crippen LogP contribution in [-0.2, 0) is 24.3 Å². The molecule has 6 heteroatoms. The molecule has 2 aromatic rings. The van der Waals surface area contributed by atoms with Crippen molar-refractivity contribution in [1.29, 1.82) is 0 Å². The molecular weight excluding hydrogens is 326 g/mol. The predicted octanol–water partition coefficient (Wildman–Crippen LogP) is 1.85. The summed E-state index contributed by atoms with van der Waals surface area (Å²) in [6, 6.07) is 8.14. The van der Waals surface area contributed by atoms with Crippen LogP contribution in [-0.4, -0.2) is 52.4 Å². The van der Waals surface area contributed by atoms with Crippen LogP contribution in [0.15, 0.2) is 30.6 Å². The smallest absolute Gasteiger partial charge is 0.246 e. The number of rotatable bonds is 5. The number of amides is 1. The summed E-state index contributed by atoms with van der Waals surface area (Å²) < 4.78 is 0. The largest absolute Gasteiger partial charge is 0.348 e. The van der Waals surface area contributed by atoms with E-state index in [9.17, 15) is 4.79 Å². The molecule has 0 bridgehead atoms. The number of hydrogen-bond donors (Lipinski definition) is 2. The Balaban J connectivity index is 1.47. The molecule has 0 saturated carbocycles. The number of fused-ring (bicyclic) bond motifs is 1. The Morgan fingerprint density at radius 1 is 1.27 bits per heavy atom. The molecule has 1 saturated heterocycles. The predicted molar refractivity (Wildman–Crippen MR) is 100 cm³/mol. The lowest BCUT2D eigenvalue weighted by Gasteiger charge is -2.28. The van der Waals surface area contributed by atoms with Crippen molar-refractivity contribution in [2.24, 2.45) is 0 Å². The number of likely N-dealkylation sites (tertiary alicyclic amines) is 1. The van der Waals surface area contributed by atoms with Crippen molar-refractivity contribution in [1.82, 2.24) is 25.1 Å². The average molecular weight is 353 g/mol. The number of imidazole rings is 1. The normalized spacial score (nSPS) is 20.1. The first-order chi connectivity index (χ1) is 12.7. The maximum atomic E-state index is 13.0. The number of nitrogens with one attached hydrogen (secondary N) is 2.